The van der Waals surface area contributed by atoms with E-state index < -0.39 is 0 Å². The van der Waals surface area contributed by atoms with Gasteiger partial charge in [-0.15, -0.1) is 11.3 Å². The number of nitrogens with one attached hydrogen (secondary N) is 2. The molecule has 0 aliphatic carbocycles. The van der Waals surface area contributed by atoms with Crippen LogP contribution in [0.25, 0.3) is 0 Å². The molecule has 21 heavy (non-hydrogen) atoms. The summed E-state index contributed by atoms with van der Waals surface area (Å²) in [5.41, 5.74) is 2.21. The van der Waals surface area contributed by atoms with Gasteiger partial charge in [0.05, 0.1) is 4.88 Å². The maximum atomic E-state index is 12.0. The molecule has 0 aliphatic heterocycles. The summed E-state index contributed by atoms with van der Waals surface area (Å²) in [5, 5.41) is 7.41. The molecule has 1 aromatic heterocycles. The zero-order chi connectivity index (χ0) is 15.2. The van der Waals surface area contributed by atoms with E-state index >= 15 is 0 Å². The Bertz CT molecular complexity index is 671. The van der Waals surface area contributed by atoms with Crippen LogP contribution < -0.4 is 10.6 Å². The number of hydrogen-bond donors (Lipinski definition) is 2. The third-order valence-corrected chi connectivity index (χ3v) is 3.42. The third kappa shape index (κ3) is 4.57. The molecule has 1 aromatic carbocycles. The van der Waals surface area contributed by atoms with Gasteiger partial charge in [-0.2, -0.15) is 0 Å². The first kappa shape index (κ1) is 15.0. The largest absolute Gasteiger partial charge is 0.322 e. The van der Waals surface area contributed by atoms with Crippen molar-refractivity contribution in [2.24, 2.45) is 0 Å². The first-order chi connectivity index (χ1) is 10.0. The van der Waals surface area contributed by atoms with E-state index in [9.17, 15) is 9.59 Å². The molecule has 0 radical (unpaired) electrons. The molecule has 5 heteroatoms. The van der Waals surface area contributed by atoms with Gasteiger partial charge in [0, 0.05) is 17.5 Å². The number of rotatable bonds is 4. The minimum Gasteiger partial charge on any atom is -0.322 e. The summed E-state index contributed by atoms with van der Waals surface area (Å²) in [6.07, 6.45) is 1.52. The SMILES string of the molecule is CC(C)=CC(=O)Nc1cccc(NC(=O)c2cccs2)c1. The van der Waals surface area contributed by atoms with Crippen molar-refractivity contribution in [3.8, 4) is 0 Å². The van der Waals surface area contributed by atoms with Gasteiger partial charge in [-0.05, 0) is 43.5 Å². The number of allylic oxidation sites excluding steroid dienone is 1. The monoisotopic (exact) mass is 300 g/mol. The topological polar surface area (TPSA) is 58.2 Å². The van der Waals surface area contributed by atoms with Crippen LogP contribution in [0.15, 0.2) is 53.4 Å². The highest BCUT2D eigenvalue weighted by Crippen LogP contribution is 2.17. The average Bonchev–Trinajstić information content (AvgIpc) is 2.91. The molecule has 4 nitrogen and oxygen atoms in total. The Morgan fingerprint density at radius 2 is 1.76 bits per heavy atom. The van der Waals surface area contributed by atoms with E-state index in [0.717, 1.165) is 5.57 Å². The zero-order valence-corrected chi connectivity index (χ0v) is 12.7. The summed E-state index contributed by atoms with van der Waals surface area (Å²) in [4.78, 5) is 24.3. The number of thiophene rings is 1. The molecular formula is C16H16N2O2S. The molecule has 1 heterocycles. The normalized spacial score (nSPS) is 9.81. The molecule has 108 valence electrons. The molecule has 0 spiro atoms. The molecule has 2 N–H and O–H groups in total. The number of carbonyl (C=O) groups is 2. The second-order valence-electron chi connectivity index (χ2n) is 4.72. The minimum atomic E-state index is -0.184. The maximum absolute atomic E-state index is 12.0. The lowest BCUT2D eigenvalue weighted by molar-refractivity contribution is -0.111. The van der Waals surface area contributed by atoms with Gasteiger partial charge in [0.1, 0.15) is 0 Å². The van der Waals surface area contributed by atoms with Gasteiger partial charge in [0.15, 0.2) is 0 Å². The Kier molecular flexibility index (Phi) is 4.90. The standard InChI is InChI=1S/C16H16N2O2S/c1-11(2)9-15(19)17-12-5-3-6-13(10-12)18-16(20)14-7-4-8-21-14/h3-10H,1-2H3,(H,17,19)(H,18,20). The first-order valence-electron chi connectivity index (χ1n) is 6.45. The Morgan fingerprint density at radius 1 is 1.05 bits per heavy atom. The van der Waals surface area contributed by atoms with E-state index in [2.05, 4.69) is 10.6 Å². The van der Waals surface area contributed by atoms with Gasteiger partial charge < -0.3 is 10.6 Å². The van der Waals surface area contributed by atoms with Crippen molar-refractivity contribution >= 4 is 34.5 Å². The zero-order valence-electron chi connectivity index (χ0n) is 11.8. The Labute approximate surface area is 127 Å². The fourth-order valence-corrected chi connectivity index (χ4v) is 2.33. The van der Waals surface area contributed by atoms with Gasteiger partial charge in [0.25, 0.3) is 5.91 Å². The van der Waals surface area contributed by atoms with Crippen molar-refractivity contribution in [3.63, 3.8) is 0 Å². The van der Waals surface area contributed by atoms with Crippen LogP contribution in [-0.2, 0) is 4.79 Å². The van der Waals surface area contributed by atoms with Crippen molar-refractivity contribution in [1.82, 2.24) is 0 Å². The molecular weight excluding hydrogens is 284 g/mol. The van der Waals surface area contributed by atoms with E-state index in [-0.39, 0.29) is 11.8 Å². The molecule has 0 fully saturated rings. The van der Waals surface area contributed by atoms with Crippen molar-refractivity contribution in [3.05, 3.63) is 58.3 Å². The van der Waals surface area contributed by atoms with E-state index in [4.69, 9.17) is 0 Å². The smallest absolute Gasteiger partial charge is 0.265 e. The highest BCUT2D eigenvalue weighted by molar-refractivity contribution is 7.12. The van der Waals surface area contributed by atoms with Crippen LogP contribution in [0.4, 0.5) is 11.4 Å². The van der Waals surface area contributed by atoms with Crippen LogP contribution >= 0.6 is 11.3 Å². The first-order valence-corrected chi connectivity index (χ1v) is 7.33. The van der Waals surface area contributed by atoms with Crippen molar-refractivity contribution in [1.29, 1.82) is 0 Å². The highest BCUT2D eigenvalue weighted by Gasteiger charge is 2.07. The summed E-state index contributed by atoms with van der Waals surface area (Å²) in [5.74, 6) is -0.338. The third-order valence-electron chi connectivity index (χ3n) is 2.55. The summed E-state index contributed by atoms with van der Waals surface area (Å²) in [7, 11) is 0. The van der Waals surface area contributed by atoms with Gasteiger partial charge in [-0.1, -0.05) is 17.7 Å². The van der Waals surface area contributed by atoms with E-state index in [1.807, 2.05) is 25.3 Å². The second-order valence-corrected chi connectivity index (χ2v) is 5.67. The van der Waals surface area contributed by atoms with Crippen LogP contribution in [0, 0.1) is 0 Å². The Balaban J connectivity index is 2.06. The van der Waals surface area contributed by atoms with Gasteiger partial charge in [-0.25, -0.2) is 0 Å². The molecule has 0 bridgehead atoms. The second kappa shape index (κ2) is 6.85. The lowest BCUT2D eigenvalue weighted by Gasteiger charge is -2.07. The number of carbonyl (C=O) groups excluding carboxylic acids is 2. The number of hydrogen-bond acceptors (Lipinski definition) is 3. The highest BCUT2D eigenvalue weighted by atomic mass is 32.1. The molecule has 0 saturated heterocycles. The molecule has 0 aliphatic rings. The van der Waals surface area contributed by atoms with Gasteiger partial charge >= 0.3 is 0 Å². The van der Waals surface area contributed by atoms with Crippen molar-refractivity contribution < 1.29 is 9.59 Å². The van der Waals surface area contributed by atoms with Crippen molar-refractivity contribution in [2.45, 2.75) is 13.8 Å². The summed E-state index contributed by atoms with van der Waals surface area (Å²) in [6.45, 7) is 3.72. The summed E-state index contributed by atoms with van der Waals surface area (Å²) >= 11 is 1.38. The molecule has 0 saturated carbocycles. The summed E-state index contributed by atoms with van der Waals surface area (Å²) in [6, 6.07) is 10.7. The van der Waals surface area contributed by atoms with Crippen LogP contribution in [0.1, 0.15) is 23.5 Å². The number of amides is 2. The molecule has 0 unspecified atom stereocenters. The predicted octanol–water partition coefficient (Wildman–Crippen LogP) is 3.91. The fourth-order valence-electron chi connectivity index (χ4n) is 1.72. The quantitative estimate of drug-likeness (QED) is 0.841. The summed E-state index contributed by atoms with van der Waals surface area (Å²) < 4.78 is 0. The average molecular weight is 300 g/mol. The predicted molar refractivity (Wildman–Crippen MR) is 86.8 cm³/mol. The van der Waals surface area contributed by atoms with Gasteiger partial charge in [0.2, 0.25) is 5.91 Å². The fraction of sp³-hybridized carbons (Fsp3) is 0.125. The van der Waals surface area contributed by atoms with E-state index in [1.165, 1.54) is 17.4 Å². The maximum Gasteiger partial charge on any atom is 0.265 e. The lowest BCUT2D eigenvalue weighted by Crippen LogP contribution is -2.11. The Morgan fingerprint density at radius 3 is 2.38 bits per heavy atom. The molecule has 2 aromatic rings. The molecule has 0 atom stereocenters. The molecule has 2 amide bonds. The van der Waals surface area contributed by atoms with E-state index in [1.54, 1.807) is 30.3 Å². The van der Waals surface area contributed by atoms with Gasteiger partial charge in [-0.3, -0.25) is 9.59 Å². The van der Waals surface area contributed by atoms with Crippen LogP contribution in [0.2, 0.25) is 0 Å². The number of benzene rings is 1. The lowest BCUT2D eigenvalue weighted by atomic mass is 10.2. The minimum absolute atomic E-state index is 0.155. The Hall–Kier alpha value is -2.40. The molecule has 2 rings (SSSR count). The van der Waals surface area contributed by atoms with Crippen molar-refractivity contribution in [2.75, 3.05) is 10.6 Å². The van der Waals surface area contributed by atoms with E-state index in [0.29, 0.717) is 16.3 Å². The number of anilines is 2. The van der Waals surface area contributed by atoms with Crippen LogP contribution in [-0.4, -0.2) is 11.8 Å². The van der Waals surface area contributed by atoms with Crippen LogP contribution in [0.5, 0.6) is 0 Å². The van der Waals surface area contributed by atoms with Crippen LogP contribution in [0.3, 0.4) is 0 Å².